The van der Waals surface area contributed by atoms with Gasteiger partial charge in [-0.05, 0) is 43.4 Å². The number of hydrogen-bond donors (Lipinski definition) is 2. The molecule has 1 aliphatic carbocycles. The lowest BCUT2D eigenvalue weighted by Crippen LogP contribution is -2.35. The van der Waals surface area contributed by atoms with Crippen molar-refractivity contribution in [2.45, 2.75) is 46.0 Å². The van der Waals surface area contributed by atoms with Crippen molar-refractivity contribution in [3.63, 3.8) is 0 Å². The molecule has 0 aromatic heterocycles. The molecule has 0 radical (unpaired) electrons. The van der Waals surface area contributed by atoms with Crippen molar-refractivity contribution >= 4 is 28.9 Å². The number of anilines is 2. The largest absolute Gasteiger partial charge is 0.398 e. The van der Waals surface area contributed by atoms with E-state index in [9.17, 15) is 4.79 Å². The second kappa shape index (κ2) is 6.04. The highest BCUT2D eigenvalue weighted by molar-refractivity contribution is 6.33. The highest BCUT2D eigenvalue weighted by Gasteiger charge is 2.41. The molecule has 0 heterocycles. The van der Waals surface area contributed by atoms with Gasteiger partial charge in [0.1, 0.15) is 0 Å². The van der Waals surface area contributed by atoms with Gasteiger partial charge in [-0.1, -0.05) is 38.3 Å². The third kappa shape index (κ3) is 3.26. The van der Waals surface area contributed by atoms with E-state index in [1.807, 2.05) is 0 Å². The number of amides is 1. The molecule has 2 rings (SSSR count). The molecule has 3 N–H and O–H groups in total. The van der Waals surface area contributed by atoms with Crippen molar-refractivity contribution in [2.24, 2.45) is 11.3 Å². The fourth-order valence-electron chi connectivity index (χ4n) is 3.23. The van der Waals surface area contributed by atoms with Crippen molar-refractivity contribution in [1.82, 2.24) is 0 Å². The van der Waals surface area contributed by atoms with Gasteiger partial charge in [0.25, 0.3) is 0 Å². The van der Waals surface area contributed by atoms with E-state index in [1.54, 1.807) is 18.2 Å². The van der Waals surface area contributed by atoms with E-state index < -0.39 is 0 Å². The van der Waals surface area contributed by atoms with Crippen LogP contribution in [0.2, 0.25) is 5.02 Å². The molecule has 1 amide bonds. The summed E-state index contributed by atoms with van der Waals surface area (Å²) in [5.41, 5.74) is 6.74. The van der Waals surface area contributed by atoms with E-state index in [1.165, 1.54) is 0 Å². The van der Waals surface area contributed by atoms with Gasteiger partial charge in [0.15, 0.2) is 0 Å². The van der Waals surface area contributed by atoms with Crippen LogP contribution in [0.25, 0.3) is 0 Å². The van der Waals surface area contributed by atoms with E-state index >= 15 is 0 Å². The van der Waals surface area contributed by atoms with Crippen LogP contribution in [0.4, 0.5) is 11.4 Å². The second-order valence-corrected chi connectivity index (χ2v) is 6.68. The van der Waals surface area contributed by atoms with Crippen LogP contribution in [-0.2, 0) is 4.79 Å². The van der Waals surface area contributed by atoms with Crippen molar-refractivity contribution in [3.05, 3.63) is 23.2 Å². The van der Waals surface area contributed by atoms with E-state index in [4.69, 9.17) is 17.3 Å². The number of rotatable bonds is 4. The maximum absolute atomic E-state index is 12.7. The lowest BCUT2D eigenvalue weighted by atomic mass is 9.77. The Morgan fingerprint density at radius 3 is 2.60 bits per heavy atom. The maximum atomic E-state index is 12.7. The molecule has 110 valence electrons. The highest BCUT2D eigenvalue weighted by atomic mass is 35.5. The molecule has 0 atom stereocenters. The summed E-state index contributed by atoms with van der Waals surface area (Å²) in [5.74, 6) is 0.651. The van der Waals surface area contributed by atoms with Crippen LogP contribution in [0, 0.1) is 11.3 Å². The minimum Gasteiger partial charge on any atom is -0.398 e. The molecule has 1 aliphatic rings. The van der Waals surface area contributed by atoms with Gasteiger partial charge in [-0.2, -0.15) is 0 Å². The van der Waals surface area contributed by atoms with Crippen LogP contribution in [0.3, 0.4) is 0 Å². The Kier molecular flexibility index (Phi) is 4.59. The quantitative estimate of drug-likeness (QED) is 0.805. The topological polar surface area (TPSA) is 55.1 Å². The molecule has 0 bridgehead atoms. The average molecular weight is 295 g/mol. The lowest BCUT2D eigenvalue weighted by Gasteiger charge is -2.29. The molecule has 0 aliphatic heterocycles. The van der Waals surface area contributed by atoms with Gasteiger partial charge in [-0.25, -0.2) is 0 Å². The molecule has 3 nitrogen and oxygen atoms in total. The molecule has 1 saturated carbocycles. The minimum atomic E-state index is -0.206. The summed E-state index contributed by atoms with van der Waals surface area (Å²) in [7, 11) is 0. The van der Waals surface area contributed by atoms with Crippen LogP contribution in [0.1, 0.15) is 46.0 Å². The number of benzene rings is 1. The first-order chi connectivity index (χ1) is 9.43. The zero-order chi connectivity index (χ0) is 14.8. The average Bonchev–Trinajstić information content (AvgIpc) is 2.83. The summed E-state index contributed by atoms with van der Waals surface area (Å²) in [4.78, 5) is 12.7. The van der Waals surface area contributed by atoms with Crippen molar-refractivity contribution in [1.29, 1.82) is 0 Å². The Bertz CT molecular complexity index is 493. The predicted octanol–water partition coefficient (Wildman–Crippen LogP) is 4.47. The molecular weight excluding hydrogens is 272 g/mol. The third-order valence-electron chi connectivity index (χ3n) is 4.10. The number of hydrogen-bond acceptors (Lipinski definition) is 2. The van der Waals surface area contributed by atoms with Gasteiger partial charge in [0, 0.05) is 11.1 Å². The van der Waals surface area contributed by atoms with E-state index in [0.29, 0.717) is 16.6 Å². The smallest absolute Gasteiger partial charge is 0.230 e. The first-order valence-electron chi connectivity index (χ1n) is 7.29. The fraction of sp³-hybridized carbons (Fsp3) is 0.562. The van der Waals surface area contributed by atoms with E-state index in [2.05, 4.69) is 19.2 Å². The third-order valence-corrected chi connectivity index (χ3v) is 4.43. The van der Waals surface area contributed by atoms with Crippen LogP contribution in [0.5, 0.6) is 0 Å². The summed E-state index contributed by atoms with van der Waals surface area (Å²) in [5, 5.41) is 3.50. The number of nitrogen functional groups attached to an aromatic ring is 1. The van der Waals surface area contributed by atoms with E-state index in [0.717, 1.165) is 37.8 Å². The van der Waals surface area contributed by atoms with E-state index in [-0.39, 0.29) is 11.3 Å². The zero-order valence-electron chi connectivity index (χ0n) is 12.2. The first-order valence-corrected chi connectivity index (χ1v) is 7.67. The number of nitrogens with two attached hydrogens (primary N) is 1. The summed E-state index contributed by atoms with van der Waals surface area (Å²) < 4.78 is 0. The Hall–Kier alpha value is -1.22. The van der Waals surface area contributed by atoms with Crippen molar-refractivity contribution in [3.8, 4) is 0 Å². The summed E-state index contributed by atoms with van der Waals surface area (Å²) in [6.45, 7) is 4.35. The fourth-order valence-corrected chi connectivity index (χ4v) is 3.41. The molecular formula is C16H23ClN2O. The van der Waals surface area contributed by atoms with Crippen LogP contribution in [0.15, 0.2) is 18.2 Å². The van der Waals surface area contributed by atoms with Crippen LogP contribution in [-0.4, -0.2) is 5.91 Å². The van der Waals surface area contributed by atoms with Gasteiger partial charge in [0.05, 0.1) is 10.7 Å². The second-order valence-electron chi connectivity index (χ2n) is 6.28. The van der Waals surface area contributed by atoms with Gasteiger partial charge in [-0.3, -0.25) is 4.79 Å². The number of halogens is 1. The minimum absolute atomic E-state index is 0.129. The normalized spacial score (nSPS) is 17.4. The number of carbonyl (C=O) groups excluding carboxylic acids is 1. The molecule has 1 aromatic carbocycles. The molecule has 0 saturated heterocycles. The first kappa shape index (κ1) is 15.2. The van der Waals surface area contributed by atoms with Crippen molar-refractivity contribution in [2.75, 3.05) is 11.1 Å². The Labute approximate surface area is 125 Å². The Morgan fingerprint density at radius 1 is 1.40 bits per heavy atom. The Morgan fingerprint density at radius 2 is 2.05 bits per heavy atom. The summed E-state index contributed by atoms with van der Waals surface area (Å²) >= 11 is 6.00. The maximum Gasteiger partial charge on any atom is 0.230 e. The SMILES string of the molecule is CC(C)CC1(C(=O)Nc2ccc(N)c(Cl)c2)CCCC1. The van der Waals surface area contributed by atoms with Gasteiger partial charge < -0.3 is 11.1 Å². The highest BCUT2D eigenvalue weighted by Crippen LogP contribution is 2.44. The monoisotopic (exact) mass is 294 g/mol. The van der Waals surface area contributed by atoms with Gasteiger partial charge in [-0.15, -0.1) is 0 Å². The lowest BCUT2D eigenvalue weighted by molar-refractivity contribution is -0.126. The standard InChI is InChI=1S/C16H23ClN2O/c1-11(2)10-16(7-3-4-8-16)15(20)19-12-5-6-14(18)13(17)9-12/h5-6,9,11H,3-4,7-8,10,18H2,1-2H3,(H,19,20). The molecule has 20 heavy (non-hydrogen) atoms. The van der Waals surface area contributed by atoms with Crippen LogP contribution < -0.4 is 11.1 Å². The summed E-state index contributed by atoms with van der Waals surface area (Å²) in [6, 6.07) is 5.24. The summed E-state index contributed by atoms with van der Waals surface area (Å²) in [6.07, 6.45) is 5.20. The zero-order valence-corrected chi connectivity index (χ0v) is 13.0. The molecule has 1 fully saturated rings. The molecule has 0 unspecified atom stereocenters. The number of carbonyl (C=O) groups is 1. The Balaban J connectivity index is 2.14. The molecule has 1 aromatic rings. The molecule has 4 heteroatoms. The molecule has 0 spiro atoms. The van der Waals surface area contributed by atoms with Gasteiger partial charge in [0.2, 0.25) is 5.91 Å². The van der Waals surface area contributed by atoms with Gasteiger partial charge >= 0.3 is 0 Å². The predicted molar refractivity (Wildman–Crippen MR) is 84.9 cm³/mol. The number of nitrogens with one attached hydrogen (secondary N) is 1. The van der Waals surface area contributed by atoms with Crippen molar-refractivity contribution < 1.29 is 4.79 Å². The van der Waals surface area contributed by atoms with Crippen LogP contribution >= 0.6 is 11.6 Å².